The molecule has 0 aromatic heterocycles. The van der Waals surface area contributed by atoms with Gasteiger partial charge in [0, 0.05) is 19.3 Å². The Labute approximate surface area is 98.4 Å². The van der Waals surface area contributed by atoms with Gasteiger partial charge in [0.25, 0.3) is 0 Å². The maximum atomic E-state index is 13.5. The summed E-state index contributed by atoms with van der Waals surface area (Å²) in [7, 11) is 1.54. The van der Waals surface area contributed by atoms with Gasteiger partial charge in [0.05, 0.1) is 17.4 Å². The molecule has 1 atom stereocenters. The highest BCUT2D eigenvalue weighted by Crippen LogP contribution is 2.22. The largest absolute Gasteiger partial charge is 0.478 e. The number of hydrogen-bond donors (Lipinski definition) is 3. The minimum atomic E-state index is -1.19. The van der Waals surface area contributed by atoms with Crippen LogP contribution in [-0.4, -0.2) is 30.8 Å². The van der Waals surface area contributed by atoms with E-state index in [0.717, 1.165) is 6.07 Å². The minimum Gasteiger partial charge on any atom is -0.478 e. The number of halogens is 1. The van der Waals surface area contributed by atoms with E-state index in [4.69, 9.17) is 15.6 Å². The van der Waals surface area contributed by atoms with Gasteiger partial charge in [-0.25, -0.2) is 9.18 Å². The van der Waals surface area contributed by atoms with Crippen molar-refractivity contribution in [3.63, 3.8) is 0 Å². The zero-order chi connectivity index (χ0) is 13.0. The smallest absolute Gasteiger partial charge is 0.337 e. The van der Waals surface area contributed by atoms with Crippen molar-refractivity contribution >= 4 is 17.3 Å². The Balaban J connectivity index is 2.92. The summed E-state index contributed by atoms with van der Waals surface area (Å²) in [4.78, 5) is 10.8. The second kappa shape index (κ2) is 5.49. The summed E-state index contributed by atoms with van der Waals surface area (Å²) >= 11 is 0. The molecule has 0 aliphatic heterocycles. The minimum absolute atomic E-state index is 0.0969. The van der Waals surface area contributed by atoms with Crippen molar-refractivity contribution in [2.45, 2.75) is 13.0 Å². The number of nitrogen functional groups attached to an aromatic ring is 1. The third kappa shape index (κ3) is 3.32. The molecule has 94 valence electrons. The van der Waals surface area contributed by atoms with Crippen molar-refractivity contribution in [1.82, 2.24) is 0 Å². The van der Waals surface area contributed by atoms with Crippen LogP contribution in [0.15, 0.2) is 12.1 Å². The molecule has 6 heteroatoms. The van der Waals surface area contributed by atoms with E-state index < -0.39 is 11.8 Å². The third-order valence-corrected chi connectivity index (χ3v) is 2.35. The van der Waals surface area contributed by atoms with Gasteiger partial charge in [0.15, 0.2) is 0 Å². The molecule has 0 heterocycles. The Kier molecular flexibility index (Phi) is 4.28. The van der Waals surface area contributed by atoms with Gasteiger partial charge in [-0.15, -0.1) is 0 Å². The zero-order valence-electron chi connectivity index (χ0n) is 9.66. The van der Waals surface area contributed by atoms with Crippen LogP contribution in [0.5, 0.6) is 0 Å². The molecule has 0 bridgehead atoms. The van der Waals surface area contributed by atoms with Crippen molar-refractivity contribution in [2.75, 3.05) is 24.7 Å². The molecule has 5 nitrogen and oxygen atoms in total. The number of hydrogen-bond acceptors (Lipinski definition) is 4. The summed E-state index contributed by atoms with van der Waals surface area (Å²) in [6.45, 7) is 2.18. The summed E-state index contributed by atoms with van der Waals surface area (Å²) in [6, 6.07) is 2.17. The summed E-state index contributed by atoms with van der Waals surface area (Å²) in [6.07, 6.45) is -0.111. The van der Waals surface area contributed by atoms with Gasteiger partial charge in [-0.3, -0.25) is 0 Å². The van der Waals surface area contributed by atoms with Gasteiger partial charge in [-0.1, -0.05) is 0 Å². The van der Waals surface area contributed by atoms with Crippen molar-refractivity contribution in [2.24, 2.45) is 0 Å². The number of carboxylic acids is 1. The molecule has 0 saturated heterocycles. The van der Waals surface area contributed by atoms with Crippen LogP contribution >= 0.6 is 0 Å². The van der Waals surface area contributed by atoms with E-state index in [-0.39, 0.29) is 23.0 Å². The van der Waals surface area contributed by atoms with E-state index in [1.165, 1.54) is 13.2 Å². The number of methoxy groups -OCH3 is 1. The van der Waals surface area contributed by atoms with E-state index in [9.17, 15) is 9.18 Å². The predicted octanol–water partition coefficient (Wildman–Crippen LogP) is 1.55. The summed E-state index contributed by atoms with van der Waals surface area (Å²) < 4.78 is 18.5. The van der Waals surface area contributed by atoms with Crippen LogP contribution in [0.1, 0.15) is 17.3 Å². The Morgan fingerprint density at radius 3 is 2.82 bits per heavy atom. The maximum Gasteiger partial charge on any atom is 0.337 e. The van der Waals surface area contributed by atoms with E-state index in [1.807, 2.05) is 0 Å². The molecule has 0 aliphatic rings. The first kappa shape index (κ1) is 13.2. The van der Waals surface area contributed by atoms with Crippen molar-refractivity contribution < 1.29 is 19.0 Å². The molecular weight excluding hydrogens is 227 g/mol. The lowest BCUT2D eigenvalue weighted by Crippen LogP contribution is -2.19. The SMILES string of the molecule is COC(C)CNc1cc(C(=O)O)c(N)cc1F. The van der Waals surface area contributed by atoms with Crippen LogP contribution in [0.25, 0.3) is 0 Å². The molecule has 0 radical (unpaired) electrons. The normalized spacial score (nSPS) is 12.2. The molecule has 1 aromatic rings. The Morgan fingerprint density at radius 2 is 2.29 bits per heavy atom. The number of rotatable bonds is 5. The standard InChI is InChI=1S/C11H15FN2O3/c1-6(17-2)5-14-10-3-7(11(15)16)9(13)4-8(10)12/h3-4,6,14H,5,13H2,1-2H3,(H,15,16). The monoisotopic (exact) mass is 242 g/mol. The Bertz CT molecular complexity index is 423. The third-order valence-electron chi connectivity index (χ3n) is 2.35. The number of ether oxygens (including phenoxy) is 1. The zero-order valence-corrected chi connectivity index (χ0v) is 9.66. The molecule has 0 spiro atoms. The average molecular weight is 242 g/mol. The van der Waals surface area contributed by atoms with Gasteiger partial charge >= 0.3 is 5.97 Å². The number of aromatic carboxylic acids is 1. The van der Waals surface area contributed by atoms with Gasteiger partial charge in [-0.2, -0.15) is 0 Å². The fourth-order valence-electron chi connectivity index (χ4n) is 1.25. The van der Waals surface area contributed by atoms with Crippen molar-refractivity contribution in [3.8, 4) is 0 Å². The van der Waals surface area contributed by atoms with Crippen molar-refractivity contribution in [1.29, 1.82) is 0 Å². The second-order valence-corrected chi connectivity index (χ2v) is 3.65. The molecule has 0 fully saturated rings. The number of nitrogens with one attached hydrogen (secondary N) is 1. The van der Waals surface area contributed by atoms with Gasteiger partial charge in [-0.05, 0) is 19.1 Å². The van der Waals surface area contributed by atoms with Gasteiger partial charge < -0.3 is 20.9 Å². The van der Waals surface area contributed by atoms with Crippen LogP contribution < -0.4 is 11.1 Å². The van der Waals surface area contributed by atoms with Crippen LogP contribution in [0.2, 0.25) is 0 Å². The molecule has 4 N–H and O–H groups in total. The highest BCUT2D eigenvalue weighted by Gasteiger charge is 2.13. The van der Waals surface area contributed by atoms with E-state index in [0.29, 0.717) is 6.54 Å². The lowest BCUT2D eigenvalue weighted by molar-refractivity contribution is 0.0698. The molecule has 0 amide bonds. The average Bonchev–Trinajstić information content (AvgIpc) is 2.26. The maximum absolute atomic E-state index is 13.5. The molecule has 1 rings (SSSR count). The van der Waals surface area contributed by atoms with E-state index >= 15 is 0 Å². The topological polar surface area (TPSA) is 84.6 Å². The number of carboxylic acid groups (broad SMARTS) is 1. The molecular formula is C11H15FN2O3. The molecule has 1 unspecified atom stereocenters. The summed E-state index contributed by atoms with van der Waals surface area (Å²) in [5.41, 5.74) is 5.27. The lowest BCUT2D eigenvalue weighted by Gasteiger charge is -2.13. The van der Waals surface area contributed by atoms with Crippen LogP contribution in [0.3, 0.4) is 0 Å². The molecule has 0 aliphatic carbocycles. The number of carbonyl (C=O) groups is 1. The second-order valence-electron chi connectivity index (χ2n) is 3.65. The molecule has 17 heavy (non-hydrogen) atoms. The van der Waals surface area contributed by atoms with E-state index in [2.05, 4.69) is 5.32 Å². The van der Waals surface area contributed by atoms with Crippen molar-refractivity contribution in [3.05, 3.63) is 23.5 Å². The Hall–Kier alpha value is -1.82. The molecule has 1 aromatic carbocycles. The van der Waals surface area contributed by atoms with Gasteiger partial charge in [0.2, 0.25) is 0 Å². The highest BCUT2D eigenvalue weighted by atomic mass is 19.1. The van der Waals surface area contributed by atoms with Crippen LogP contribution in [-0.2, 0) is 4.74 Å². The quantitative estimate of drug-likeness (QED) is 0.682. The van der Waals surface area contributed by atoms with Gasteiger partial charge in [0.1, 0.15) is 5.82 Å². The van der Waals surface area contributed by atoms with E-state index in [1.54, 1.807) is 6.92 Å². The first-order valence-corrected chi connectivity index (χ1v) is 5.04. The molecule has 0 saturated carbocycles. The van der Waals surface area contributed by atoms with Crippen LogP contribution in [0.4, 0.5) is 15.8 Å². The fourth-order valence-corrected chi connectivity index (χ4v) is 1.25. The number of nitrogens with two attached hydrogens (primary N) is 1. The number of benzene rings is 1. The first-order valence-electron chi connectivity index (χ1n) is 5.04. The van der Waals surface area contributed by atoms with Crippen LogP contribution in [0, 0.1) is 5.82 Å². The number of anilines is 2. The highest BCUT2D eigenvalue weighted by molar-refractivity contribution is 5.94. The summed E-state index contributed by atoms with van der Waals surface area (Å²) in [5, 5.41) is 11.6. The first-order chi connectivity index (χ1) is 7.95. The predicted molar refractivity (Wildman–Crippen MR) is 62.7 cm³/mol. The Morgan fingerprint density at radius 1 is 1.65 bits per heavy atom. The lowest BCUT2D eigenvalue weighted by atomic mass is 10.1. The summed E-state index contributed by atoms with van der Waals surface area (Å²) in [5.74, 6) is -1.78. The fraction of sp³-hybridized carbons (Fsp3) is 0.364.